The van der Waals surface area contributed by atoms with Gasteiger partial charge in [0.25, 0.3) is 0 Å². The van der Waals surface area contributed by atoms with Gasteiger partial charge in [-0.3, -0.25) is 4.90 Å². The minimum atomic E-state index is -4.57. The summed E-state index contributed by atoms with van der Waals surface area (Å²) >= 11 is 0. The number of nitrogens with zero attached hydrogens (tertiary/aromatic N) is 3. The Hall–Kier alpha value is -2.19. The summed E-state index contributed by atoms with van der Waals surface area (Å²) in [6.07, 6.45) is -1.61. The molecule has 2 saturated heterocycles. The monoisotopic (exact) mass is 453 g/mol. The quantitative estimate of drug-likeness (QED) is 0.602. The van der Waals surface area contributed by atoms with Crippen LogP contribution in [-0.4, -0.2) is 61.7 Å². The fourth-order valence-electron chi connectivity index (χ4n) is 4.79. The van der Waals surface area contributed by atoms with Gasteiger partial charge in [-0.2, -0.15) is 13.2 Å². The van der Waals surface area contributed by atoms with Crippen LogP contribution in [0, 0.1) is 11.6 Å². The van der Waals surface area contributed by atoms with E-state index in [4.69, 9.17) is 0 Å². The van der Waals surface area contributed by atoms with E-state index in [2.05, 4.69) is 9.80 Å². The average Bonchev–Trinajstić information content (AvgIpc) is 2.79. The van der Waals surface area contributed by atoms with E-state index in [9.17, 15) is 22.0 Å². The molecule has 0 saturated carbocycles. The Balaban J connectivity index is 1.26. The third kappa shape index (κ3) is 5.59. The number of likely N-dealkylation sites (tertiary alicyclic amines) is 1. The van der Waals surface area contributed by atoms with E-state index in [1.807, 2.05) is 12.1 Å². The molecule has 0 radical (unpaired) electrons. The van der Waals surface area contributed by atoms with Gasteiger partial charge in [-0.1, -0.05) is 12.1 Å². The topological polar surface area (TPSA) is 9.72 Å². The second-order valence-electron chi connectivity index (χ2n) is 8.63. The molecule has 3 nitrogen and oxygen atoms in total. The Morgan fingerprint density at radius 3 is 2.03 bits per heavy atom. The molecule has 0 bridgehead atoms. The smallest absolute Gasteiger partial charge is 0.368 e. The van der Waals surface area contributed by atoms with Gasteiger partial charge in [0.05, 0.1) is 5.56 Å². The molecule has 0 aromatic heterocycles. The van der Waals surface area contributed by atoms with Crippen LogP contribution in [0.1, 0.15) is 24.0 Å². The second kappa shape index (κ2) is 9.75. The molecular weight excluding hydrogens is 425 g/mol. The molecule has 2 aliphatic heterocycles. The van der Waals surface area contributed by atoms with Crippen molar-refractivity contribution in [2.24, 2.45) is 0 Å². The number of piperazine rings is 1. The van der Waals surface area contributed by atoms with Crippen LogP contribution in [0.3, 0.4) is 0 Å². The van der Waals surface area contributed by atoms with Crippen LogP contribution in [0.4, 0.5) is 27.6 Å². The van der Waals surface area contributed by atoms with Gasteiger partial charge < -0.3 is 9.80 Å². The molecule has 2 aliphatic rings. The molecule has 4 rings (SSSR count). The maximum atomic E-state index is 13.4. The highest BCUT2D eigenvalue weighted by atomic mass is 19.4. The first-order chi connectivity index (χ1) is 15.3. The van der Waals surface area contributed by atoms with Gasteiger partial charge in [0.1, 0.15) is 11.6 Å². The summed E-state index contributed by atoms with van der Waals surface area (Å²) < 4.78 is 66.5. The Morgan fingerprint density at radius 1 is 0.781 bits per heavy atom. The summed E-state index contributed by atoms with van der Waals surface area (Å²) in [4.78, 5) is 6.52. The number of anilines is 1. The van der Waals surface area contributed by atoms with Crippen molar-refractivity contribution in [3.8, 4) is 0 Å². The standard InChI is InChI=1S/C24H28F5N3/c25-19-3-1-18(2-4-19)7-10-30-11-8-21(9-12-30)31-13-15-32(16-14-31)23-6-5-20(26)17-22(23)24(27,28)29/h1-6,17,21H,7-16H2. The van der Waals surface area contributed by atoms with Crippen LogP contribution in [0.2, 0.25) is 0 Å². The van der Waals surface area contributed by atoms with Crippen molar-refractivity contribution in [2.75, 3.05) is 50.7 Å². The summed E-state index contributed by atoms with van der Waals surface area (Å²) in [5.41, 5.74) is 0.290. The van der Waals surface area contributed by atoms with E-state index in [1.165, 1.54) is 18.2 Å². The number of hydrogen-bond donors (Lipinski definition) is 0. The number of hydrogen-bond acceptors (Lipinski definition) is 3. The maximum Gasteiger partial charge on any atom is 0.418 e. The van der Waals surface area contributed by atoms with Crippen molar-refractivity contribution in [3.63, 3.8) is 0 Å². The van der Waals surface area contributed by atoms with Crippen molar-refractivity contribution in [2.45, 2.75) is 31.5 Å². The first kappa shape index (κ1) is 23.0. The Kier molecular flexibility index (Phi) is 7.00. The zero-order chi connectivity index (χ0) is 22.7. The van der Waals surface area contributed by atoms with Gasteiger partial charge in [-0.25, -0.2) is 8.78 Å². The number of rotatable bonds is 5. The summed E-state index contributed by atoms with van der Waals surface area (Å²) in [6.45, 7) is 5.32. The lowest BCUT2D eigenvalue weighted by atomic mass is 10.0. The van der Waals surface area contributed by atoms with Gasteiger partial charge in [0.2, 0.25) is 0 Å². The number of piperidine rings is 1. The normalized spacial score (nSPS) is 19.5. The van der Waals surface area contributed by atoms with Crippen LogP contribution in [0.5, 0.6) is 0 Å². The minimum absolute atomic E-state index is 0.0640. The van der Waals surface area contributed by atoms with E-state index in [0.29, 0.717) is 38.3 Å². The molecule has 32 heavy (non-hydrogen) atoms. The van der Waals surface area contributed by atoms with Crippen LogP contribution in [0.25, 0.3) is 0 Å². The van der Waals surface area contributed by atoms with E-state index in [1.54, 1.807) is 4.90 Å². The zero-order valence-corrected chi connectivity index (χ0v) is 17.9. The molecule has 8 heteroatoms. The summed E-state index contributed by atoms with van der Waals surface area (Å²) in [7, 11) is 0. The lowest BCUT2D eigenvalue weighted by Gasteiger charge is -2.43. The zero-order valence-electron chi connectivity index (χ0n) is 17.9. The van der Waals surface area contributed by atoms with Crippen LogP contribution in [-0.2, 0) is 12.6 Å². The lowest BCUT2D eigenvalue weighted by Crippen LogP contribution is -2.53. The molecule has 0 N–H and O–H groups in total. The molecule has 0 atom stereocenters. The largest absolute Gasteiger partial charge is 0.418 e. The molecule has 0 spiro atoms. The van der Waals surface area contributed by atoms with Crippen molar-refractivity contribution in [1.82, 2.24) is 9.80 Å². The predicted molar refractivity (Wildman–Crippen MR) is 115 cm³/mol. The number of benzene rings is 2. The van der Waals surface area contributed by atoms with Crippen LogP contribution in [0.15, 0.2) is 42.5 Å². The molecule has 2 aromatic rings. The van der Waals surface area contributed by atoms with Crippen molar-refractivity contribution in [1.29, 1.82) is 0 Å². The van der Waals surface area contributed by atoms with E-state index < -0.39 is 17.6 Å². The van der Waals surface area contributed by atoms with Gasteiger partial charge >= 0.3 is 6.18 Å². The van der Waals surface area contributed by atoms with Crippen LogP contribution >= 0.6 is 0 Å². The summed E-state index contributed by atoms with van der Waals surface area (Å²) in [6, 6.07) is 10.00. The Labute approximate surface area is 185 Å². The van der Waals surface area contributed by atoms with Gasteiger partial charge in [-0.05, 0) is 68.2 Å². The molecule has 0 amide bonds. The first-order valence-corrected chi connectivity index (χ1v) is 11.1. The third-order valence-electron chi connectivity index (χ3n) is 6.62. The van der Waals surface area contributed by atoms with E-state index >= 15 is 0 Å². The van der Waals surface area contributed by atoms with Gasteiger partial charge in [0.15, 0.2) is 0 Å². The average molecular weight is 453 g/mol. The number of alkyl halides is 3. The van der Waals surface area contributed by atoms with Gasteiger partial charge in [0, 0.05) is 44.5 Å². The Bertz CT molecular complexity index is 883. The van der Waals surface area contributed by atoms with Crippen molar-refractivity contribution >= 4 is 5.69 Å². The molecule has 174 valence electrons. The summed E-state index contributed by atoms with van der Waals surface area (Å²) in [5.74, 6) is -1.09. The minimum Gasteiger partial charge on any atom is -0.368 e. The highest BCUT2D eigenvalue weighted by Crippen LogP contribution is 2.37. The molecule has 0 aliphatic carbocycles. The third-order valence-corrected chi connectivity index (χ3v) is 6.62. The second-order valence-corrected chi connectivity index (χ2v) is 8.63. The Morgan fingerprint density at radius 2 is 1.41 bits per heavy atom. The molecular formula is C24H28F5N3. The molecule has 2 heterocycles. The summed E-state index contributed by atoms with van der Waals surface area (Å²) in [5, 5.41) is 0. The molecule has 2 aromatic carbocycles. The van der Waals surface area contributed by atoms with Crippen molar-refractivity contribution < 1.29 is 22.0 Å². The van der Waals surface area contributed by atoms with Crippen molar-refractivity contribution in [3.05, 3.63) is 65.2 Å². The molecule has 2 fully saturated rings. The predicted octanol–water partition coefficient (Wildman–Crippen LogP) is 4.81. The fraction of sp³-hybridized carbons (Fsp3) is 0.500. The SMILES string of the molecule is Fc1ccc(CCN2CCC(N3CCN(c4ccc(F)cc4C(F)(F)F)CC3)CC2)cc1. The fourth-order valence-corrected chi connectivity index (χ4v) is 4.79. The lowest BCUT2D eigenvalue weighted by molar-refractivity contribution is -0.137. The van der Waals surface area contributed by atoms with Crippen LogP contribution < -0.4 is 4.90 Å². The van der Waals surface area contributed by atoms with E-state index in [-0.39, 0.29) is 11.5 Å². The highest BCUT2D eigenvalue weighted by Gasteiger charge is 2.36. The maximum absolute atomic E-state index is 13.4. The number of halogens is 5. The first-order valence-electron chi connectivity index (χ1n) is 11.1. The van der Waals surface area contributed by atoms with E-state index in [0.717, 1.165) is 50.5 Å². The molecule has 0 unspecified atom stereocenters. The van der Waals surface area contributed by atoms with Gasteiger partial charge in [-0.15, -0.1) is 0 Å². The highest BCUT2D eigenvalue weighted by molar-refractivity contribution is 5.55.